The minimum absolute atomic E-state index is 0.0577. The highest BCUT2D eigenvalue weighted by Crippen LogP contribution is 2.21. The van der Waals surface area contributed by atoms with Crippen LogP contribution in [0.1, 0.15) is 5.56 Å². The van der Waals surface area contributed by atoms with E-state index in [1.807, 2.05) is 53.4 Å². The molecule has 0 unspecified atom stereocenters. The van der Waals surface area contributed by atoms with Crippen molar-refractivity contribution < 1.29 is 4.79 Å². The fourth-order valence-electron chi connectivity index (χ4n) is 3.43. The Labute approximate surface area is 165 Å². The summed E-state index contributed by atoms with van der Waals surface area (Å²) < 4.78 is 0. The average molecular weight is 372 g/mol. The van der Waals surface area contributed by atoms with Gasteiger partial charge in [0.2, 0.25) is 0 Å². The van der Waals surface area contributed by atoms with E-state index in [0.29, 0.717) is 0 Å². The summed E-state index contributed by atoms with van der Waals surface area (Å²) in [5.74, 6) is 0. The average Bonchev–Trinajstić information content (AvgIpc) is 2.75. The third kappa shape index (κ3) is 4.38. The van der Waals surface area contributed by atoms with Gasteiger partial charge in [-0.2, -0.15) is 0 Å². The maximum Gasteiger partial charge on any atom is 0.321 e. The van der Waals surface area contributed by atoms with Crippen LogP contribution in [-0.4, -0.2) is 53.5 Å². The van der Waals surface area contributed by atoms with Crippen molar-refractivity contribution >= 4 is 28.7 Å². The SMILES string of the molecule is O=C(Nc1cccc2cccnc12)N1CCN(C/C=C/c2ccccc2)CC1. The Kier molecular flexibility index (Phi) is 5.64. The molecule has 2 aromatic carbocycles. The molecular weight excluding hydrogens is 348 g/mol. The van der Waals surface area contributed by atoms with Crippen LogP contribution in [-0.2, 0) is 0 Å². The molecule has 1 aliphatic rings. The first-order valence-electron chi connectivity index (χ1n) is 9.63. The number of pyridine rings is 1. The van der Waals surface area contributed by atoms with Crippen molar-refractivity contribution in [3.63, 3.8) is 0 Å². The lowest BCUT2D eigenvalue weighted by atomic mass is 10.2. The molecule has 0 aliphatic carbocycles. The summed E-state index contributed by atoms with van der Waals surface area (Å²) in [5, 5.41) is 4.05. The number of amides is 2. The van der Waals surface area contributed by atoms with Crippen LogP contribution in [0.15, 0.2) is 72.9 Å². The molecule has 1 aliphatic heterocycles. The number of rotatable bonds is 4. The molecule has 1 aromatic heterocycles. The number of nitrogens with one attached hydrogen (secondary N) is 1. The van der Waals surface area contributed by atoms with Crippen LogP contribution in [0, 0.1) is 0 Å². The summed E-state index contributed by atoms with van der Waals surface area (Å²) in [7, 11) is 0. The maximum atomic E-state index is 12.7. The van der Waals surface area contributed by atoms with Gasteiger partial charge in [-0.15, -0.1) is 0 Å². The van der Waals surface area contributed by atoms with Gasteiger partial charge in [-0.3, -0.25) is 9.88 Å². The van der Waals surface area contributed by atoms with Gasteiger partial charge in [0.1, 0.15) is 0 Å². The second-order valence-electron chi connectivity index (χ2n) is 6.91. The van der Waals surface area contributed by atoms with E-state index in [2.05, 4.69) is 39.5 Å². The Morgan fingerprint density at radius 2 is 1.75 bits per heavy atom. The Balaban J connectivity index is 1.30. The lowest BCUT2D eigenvalue weighted by Gasteiger charge is -2.34. The third-order valence-electron chi connectivity index (χ3n) is 5.01. The van der Waals surface area contributed by atoms with E-state index in [0.717, 1.165) is 49.3 Å². The Bertz CT molecular complexity index is 957. The molecule has 28 heavy (non-hydrogen) atoms. The molecule has 2 amide bonds. The van der Waals surface area contributed by atoms with E-state index < -0.39 is 0 Å². The van der Waals surface area contributed by atoms with E-state index >= 15 is 0 Å². The lowest BCUT2D eigenvalue weighted by molar-refractivity contribution is 0.156. The molecule has 0 radical (unpaired) electrons. The standard InChI is InChI=1S/C23H24N4O/c28-23(25-21-12-4-10-20-11-5-13-24-22(20)21)27-17-15-26(16-18-27)14-6-9-19-7-2-1-3-8-19/h1-13H,14-18H2,(H,25,28)/b9-6+. The van der Waals surface area contributed by atoms with Crippen LogP contribution >= 0.6 is 0 Å². The molecule has 5 heteroatoms. The fraction of sp³-hybridized carbons (Fsp3) is 0.217. The van der Waals surface area contributed by atoms with E-state index in [4.69, 9.17) is 0 Å². The first kappa shape index (κ1) is 18.2. The quantitative estimate of drug-likeness (QED) is 0.750. The molecule has 1 saturated heterocycles. The molecule has 1 N–H and O–H groups in total. The Hall–Kier alpha value is -3.18. The van der Waals surface area contributed by atoms with Crippen molar-refractivity contribution in [2.75, 3.05) is 38.0 Å². The van der Waals surface area contributed by atoms with Crippen LogP contribution in [0.4, 0.5) is 10.5 Å². The summed E-state index contributed by atoms with van der Waals surface area (Å²) in [4.78, 5) is 21.3. The van der Waals surface area contributed by atoms with Gasteiger partial charge in [-0.1, -0.05) is 60.7 Å². The predicted octanol–water partition coefficient (Wildman–Crippen LogP) is 4.10. The first-order chi connectivity index (χ1) is 13.8. The highest BCUT2D eigenvalue weighted by molar-refractivity contribution is 5.99. The molecule has 3 aromatic rings. The van der Waals surface area contributed by atoms with E-state index in [-0.39, 0.29) is 6.03 Å². The van der Waals surface area contributed by atoms with Gasteiger partial charge in [-0.25, -0.2) is 4.79 Å². The van der Waals surface area contributed by atoms with E-state index in [1.54, 1.807) is 6.20 Å². The predicted molar refractivity (Wildman–Crippen MR) is 114 cm³/mol. The van der Waals surface area contributed by atoms with E-state index in [9.17, 15) is 4.79 Å². The Morgan fingerprint density at radius 3 is 2.57 bits per heavy atom. The summed E-state index contributed by atoms with van der Waals surface area (Å²) in [6.07, 6.45) is 6.08. The summed E-state index contributed by atoms with van der Waals surface area (Å²) in [5.41, 5.74) is 2.79. The van der Waals surface area contributed by atoms with Gasteiger partial charge in [0.05, 0.1) is 11.2 Å². The van der Waals surface area contributed by atoms with Crippen molar-refractivity contribution in [2.45, 2.75) is 0 Å². The molecule has 142 valence electrons. The molecule has 2 heterocycles. The molecule has 4 rings (SSSR count). The number of urea groups is 1. The lowest BCUT2D eigenvalue weighted by Crippen LogP contribution is -2.49. The van der Waals surface area contributed by atoms with Crippen LogP contribution in [0.3, 0.4) is 0 Å². The zero-order valence-electron chi connectivity index (χ0n) is 15.8. The van der Waals surface area contributed by atoms with Gasteiger partial charge in [0.15, 0.2) is 0 Å². The van der Waals surface area contributed by atoms with Crippen LogP contribution in [0.2, 0.25) is 0 Å². The Morgan fingerprint density at radius 1 is 0.964 bits per heavy atom. The highest BCUT2D eigenvalue weighted by atomic mass is 16.2. The van der Waals surface area contributed by atoms with Gasteiger partial charge < -0.3 is 10.2 Å². The number of anilines is 1. The number of para-hydroxylation sites is 1. The zero-order chi connectivity index (χ0) is 19.2. The number of hydrogen-bond donors (Lipinski definition) is 1. The number of carbonyl (C=O) groups excluding carboxylic acids is 1. The minimum atomic E-state index is -0.0577. The normalized spacial score (nSPS) is 15.2. The molecule has 0 spiro atoms. The first-order valence-corrected chi connectivity index (χ1v) is 9.63. The van der Waals surface area contributed by atoms with Crippen molar-refractivity contribution in [3.05, 3.63) is 78.5 Å². The topological polar surface area (TPSA) is 48.5 Å². The van der Waals surface area contributed by atoms with Gasteiger partial charge in [0, 0.05) is 44.3 Å². The molecule has 1 fully saturated rings. The molecular formula is C23H24N4O. The summed E-state index contributed by atoms with van der Waals surface area (Å²) in [6.45, 7) is 4.10. The number of benzene rings is 2. The molecule has 0 atom stereocenters. The van der Waals surface area contributed by atoms with E-state index in [1.165, 1.54) is 5.56 Å². The molecule has 0 saturated carbocycles. The minimum Gasteiger partial charge on any atom is -0.322 e. The number of aromatic nitrogens is 1. The maximum absolute atomic E-state index is 12.7. The van der Waals surface area contributed by atoms with Crippen LogP contribution < -0.4 is 5.32 Å². The zero-order valence-corrected chi connectivity index (χ0v) is 15.8. The number of piperazine rings is 1. The third-order valence-corrected chi connectivity index (χ3v) is 5.01. The monoisotopic (exact) mass is 372 g/mol. The van der Waals surface area contributed by atoms with Crippen LogP contribution in [0.5, 0.6) is 0 Å². The van der Waals surface area contributed by atoms with Gasteiger partial charge in [0.25, 0.3) is 0 Å². The molecule has 0 bridgehead atoms. The van der Waals surface area contributed by atoms with Crippen molar-refractivity contribution in [2.24, 2.45) is 0 Å². The molecule has 5 nitrogen and oxygen atoms in total. The summed E-state index contributed by atoms with van der Waals surface area (Å²) >= 11 is 0. The second kappa shape index (κ2) is 8.67. The fourth-order valence-corrected chi connectivity index (χ4v) is 3.43. The summed E-state index contributed by atoms with van der Waals surface area (Å²) in [6, 6.07) is 20.0. The van der Waals surface area contributed by atoms with Crippen molar-refractivity contribution in [3.8, 4) is 0 Å². The number of carbonyl (C=O) groups is 1. The van der Waals surface area contributed by atoms with Crippen LogP contribution in [0.25, 0.3) is 17.0 Å². The van der Waals surface area contributed by atoms with Crippen molar-refractivity contribution in [1.29, 1.82) is 0 Å². The smallest absolute Gasteiger partial charge is 0.321 e. The highest BCUT2D eigenvalue weighted by Gasteiger charge is 2.21. The second-order valence-corrected chi connectivity index (χ2v) is 6.91. The number of nitrogens with zero attached hydrogens (tertiary/aromatic N) is 3. The number of hydrogen-bond acceptors (Lipinski definition) is 3. The number of fused-ring (bicyclic) bond motifs is 1. The van der Waals surface area contributed by atoms with Crippen molar-refractivity contribution in [1.82, 2.24) is 14.8 Å². The van der Waals surface area contributed by atoms with Gasteiger partial charge >= 0.3 is 6.03 Å². The largest absolute Gasteiger partial charge is 0.322 e. The van der Waals surface area contributed by atoms with Gasteiger partial charge in [-0.05, 0) is 17.7 Å².